The van der Waals surface area contributed by atoms with Gasteiger partial charge in [-0.1, -0.05) is 46.8 Å². The van der Waals surface area contributed by atoms with Crippen LogP contribution in [-0.2, 0) is 0 Å². The number of rotatable bonds is 10. The monoisotopic (exact) mass is 323 g/mol. The molecule has 0 aliphatic heterocycles. The van der Waals surface area contributed by atoms with Crippen LogP contribution in [0, 0.1) is 5.92 Å². The van der Waals surface area contributed by atoms with Gasteiger partial charge in [-0.05, 0) is 48.9 Å². The molecule has 0 amide bonds. The average molecular weight is 324 g/mol. The van der Waals surface area contributed by atoms with Crippen LogP contribution in [0.3, 0.4) is 0 Å². The Morgan fingerprint density at radius 3 is 2.14 bits per heavy atom. The van der Waals surface area contributed by atoms with Crippen LogP contribution in [0.1, 0.15) is 52.5 Å². The average Bonchev–Trinajstić information content (AvgIpc) is 2.52. The predicted molar refractivity (Wildman–Crippen MR) is 98.8 cm³/mol. The second-order valence-electron chi connectivity index (χ2n) is 6.44. The minimum atomic E-state index is -0.306. The first-order valence-corrected chi connectivity index (χ1v) is 9.59. The van der Waals surface area contributed by atoms with Gasteiger partial charge in [0.2, 0.25) is 0 Å². The first kappa shape index (κ1) is 19.5. The maximum Gasteiger partial charge on any atom is 0.0732 e. The van der Waals surface area contributed by atoms with Gasteiger partial charge in [0.05, 0.1) is 6.10 Å². The minimum absolute atomic E-state index is 0.176. The number of aliphatic hydroxyl groups is 1. The number of hydrogen-bond donors (Lipinski definition) is 1. The minimum Gasteiger partial charge on any atom is -0.391 e. The van der Waals surface area contributed by atoms with E-state index < -0.39 is 0 Å². The first-order valence-electron chi connectivity index (χ1n) is 8.61. The summed E-state index contributed by atoms with van der Waals surface area (Å²) >= 11 is 1.92. The first-order chi connectivity index (χ1) is 10.5. The molecule has 1 aromatic carbocycles. The topological polar surface area (TPSA) is 23.5 Å². The third kappa shape index (κ3) is 6.72. The van der Waals surface area contributed by atoms with Crippen molar-refractivity contribution in [3.8, 4) is 0 Å². The number of benzene rings is 1. The highest BCUT2D eigenvalue weighted by Gasteiger charge is 2.18. The van der Waals surface area contributed by atoms with E-state index in [0.717, 1.165) is 25.6 Å². The van der Waals surface area contributed by atoms with Crippen LogP contribution in [-0.4, -0.2) is 41.5 Å². The maximum absolute atomic E-state index is 10.4. The third-order valence-electron chi connectivity index (χ3n) is 4.29. The van der Waals surface area contributed by atoms with Crippen molar-refractivity contribution in [2.75, 3.05) is 25.4 Å². The van der Waals surface area contributed by atoms with E-state index in [1.807, 2.05) is 11.8 Å². The van der Waals surface area contributed by atoms with Gasteiger partial charge in [-0.25, -0.2) is 0 Å². The molecular formula is C19H33NOS. The Balaban J connectivity index is 2.53. The highest BCUT2D eigenvalue weighted by atomic mass is 32.2. The SMILES string of the molecule is CCN(CC)CC(O)C(C)c1ccc(SCCC(C)C)cc1. The van der Waals surface area contributed by atoms with Crippen molar-refractivity contribution >= 4 is 11.8 Å². The Morgan fingerprint density at radius 1 is 1.05 bits per heavy atom. The van der Waals surface area contributed by atoms with E-state index in [2.05, 4.69) is 63.8 Å². The quantitative estimate of drug-likeness (QED) is 0.635. The van der Waals surface area contributed by atoms with E-state index in [1.165, 1.54) is 22.6 Å². The van der Waals surface area contributed by atoms with Crippen molar-refractivity contribution in [1.82, 2.24) is 4.90 Å². The van der Waals surface area contributed by atoms with E-state index >= 15 is 0 Å². The summed E-state index contributed by atoms with van der Waals surface area (Å²) in [5, 5.41) is 10.4. The van der Waals surface area contributed by atoms with E-state index in [1.54, 1.807) is 0 Å². The summed E-state index contributed by atoms with van der Waals surface area (Å²) in [5.41, 5.74) is 1.23. The van der Waals surface area contributed by atoms with Crippen LogP contribution >= 0.6 is 11.8 Å². The zero-order valence-corrected chi connectivity index (χ0v) is 15.7. The molecule has 0 radical (unpaired) electrons. The molecule has 0 aliphatic rings. The highest BCUT2D eigenvalue weighted by molar-refractivity contribution is 7.99. The molecule has 1 rings (SSSR count). The molecule has 3 heteroatoms. The van der Waals surface area contributed by atoms with Crippen LogP contribution < -0.4 is 0 Å². The fourth-order valence-corrected chi connectivity index (χ4v) is 3.56. The van der Waals surface area contributed by atoms with Crippen molar-refractivity contribution in [3.05, 3.63) is 29.8 Å². The standard InChI is InChI=1S/C19H33NOS/c1-6-20(7-2)14-19(21)16(5)17-8-10-18(11-9-17)22-13-12-15(3)4/h8-11,15-16,19,21H,6-7,12-14H2,1-5H3. The number of thioether (sulfide) groups is 1. The molecule has 1 aromatic rings. The van der Waals surface area contributed by atoms with Crippen LogP contribution in [0.25, 0.3) is 0 Å². The van der Waals surface area contributed by atoms with Gasteiger partial charge in [0, 0.05) is 17.4 Å². The lowest BCUT2D eigenvalue weighted by Gasteiger charge is -2.26. The summed E-state index contributed by atoms with van der Waals surface area (Å²) < 4.78 is 0. The lowest BCUT2D eigenvalue weighted by molar-refractivity contribution is 0.0989. The Hall–Kier alpha value is -0.510. The Kier molecular flexibility index (Phi) is 9.15. The molecule has 0 spiro atoms. The molecule has 2 nitrogen and oxygen atoms in total. The molecule has 0 aliphatic carbocycles. The molecule has 0 heterocycles. The molecule has 0 aromatic heterocycles. The van der Waals surface area contributed by atoms with Gasteiger partial charge in [-0.2, -0.15) is 0 Å². The summed E-state index contributed by atoms with van der Waals surface area (Å²) in [6.07, 6.45) is 0.949. The lowest BCUT2D eigenvalue weighted by atomic mass is 9.95. The summed E-state index contributed by atoms with van der Waals surface area (Å²) in [7, 11) is 0. The number of hydrogen-bond acceptors (Lipinski definition) is 3. The molecular weight excluding hydrogens is 290 g/mol. The van der Waals surface area contributed by atoms with E-state index in [9.17, 15) is 5.11 Å². The normalized spacial score (nSPS) is 14.5. The molecule has 0 fully saturated rings. The summed E-state index contributed by atoms with van der Waals surface area (Å²) in [4.78, 5) is 3.60. The highest BCUT2D eigenvalue weighted by Crippen LogP contribution is 2.25. The summed E-state index contributed by atoms with van der Waals surface area (Å²) in [5.74, 6) is 2.12. The van der Waals surface area contributed by atoms with Gasteiger partial charge in [0.25, 0.3) is 0 Å². The van der Waals surface area contributed by atoms with Gasteiger partial charge in [-0.15, -0.1) is 11.8 Å². The molecule has 1 N–H and O–H groups in total. The molecule has 2 unspecified atom stereocenters. The summed E-state index contributed by atoms with van der Waals surface area (Å²) in [6, 6.07) is 8.74. The van der Waals surface area contributed by atoms with Crippen molar-refractivity contribution in [3.63, 3.8) is 0 Å². The second kappa shape index (κ2) is 10.3. The zero-order chi connectivity index (χ0) is 16.5. The molecule has 0 bridgehead atoms. The van der Waals surface area contributed by atoms with Gasteiger partial charge in [0.15, 0.2) is 0 Å². The Bertz CT molecular complexity index is 400. The van der Waals surface area contributed by atoms with Crippen molar-refractivity contribution in [1.29, 1.82) is 0 Å². The van der Waals surface area contributed by atoms with Gasteiger partial charge >= 0.3 is 0 Å². The number of likely N-dealkylation sites (N-methyl/N-ethyl adjacent to an activating group) is 1. The lowest BCUT2D eigenvalue weighted by Crippen LogP contribution is -2.34. The van der Waals surface area contributed by atoms with Gasteiger partial charge < -0.3 is 10.0 Å². The van der Waals surface area contributed by atoms with E-state index in [-0.39, 0.29) is 12.0 Å². The molecule has 22 heavy (non-hydrogen) atoms. The van der Waals surface area contributed by atoms with Gasteiger partial charge in [-0.3, -0.25) is 0 Å². The fraction of sp³-hybridized carbons (Fsp3) is 0.684. The van der Waals surface area contributed by atoms with Crippen molar-refractivity contribution < 1.29 is 5.11 Å². The number of aliphatic hydroxyl groups excluding tert-OH is 1. The Morgan fingerprint density at radius 2 is 1.64 bits per heavy atom. The zero-order valence-electron chi connectivity index (χ0n) is 14.9. The van der Waals surface area contributed by atoms with Gasteiger partial charge in [0.1, 0.15) is 0 Å². The molecule has 0 saturated carbocycles. The third-order valence-corrected chi connectivity index (χ3v) is 5.33. The van der Waals surface area contributed by atoms with Crippen LogP contribution in [0.4, 0.5) is 0 Å². The van der Waals surface area contributed by atoms with Crippen LogP contribution in [0.2, 0.25) is 0 Å². The van der Waals surface area contributed by atoms with Crippen LogP contribution in [0.5, 0.6) is 0 Å². The molecule has 126 valence electrons. The van der Waals surface area contributed by atoms with Crippen molar-refractivity contribution in [2.45, 2.75) is 58.0 Å². The van der Waals surface area contributed by atoms with Crippen molar-refractivity contribution in [2.24, 2.45) is 5.92 Å². The molecule has 0 saturated heterocycles. The van der Waals surface area contributed by atoms with E-state index in [4.69, 9.17) is 0 Å². The maximum atomic E-state index is 10.4. The summed E-state index contributed by atoms with van der Waals surface area (Å²) in [6.45, 7) is 13.7. The fourth-order valence-electron chi connectivity index (χ4n) is 2.41. The largest absolute Gasteiger partial charge is 0.391 e. The predicted octanol–water partition coefficient (Wildman–Crippen LogP) is 4.63. The van der Waals surface area contributed by atoms with Crippen LogP contribution in [0.15, 0.2) is 29.2 Å². The number of nitrogens with zero attached hydrogens (tertiary/aromatic N) is 1. The Labute approximate surface area is 141 Å². The van der Waals surface area contributed by atoms with E-state index in [0.29, 0.717) is 0 Å². The second-order valence-corrected chi connectivity index (χ2v) is 7.61. The smallest absolute Gasteiger partial charge is 0.0732 e. The molecule has 2 atom stereocenters.